The number of ketones is 1. The zero-order valence-electron chi connectivity index (χ0n) is 15.9. The Morgan fingerprint density at radius 3 is 2.09 bits per heavy atom. The Morgan fingerprint density at radius 1 is 1.17 bits per heavy atom. The molecule has 1 N–H and O–H groups in total. The summed E-state index contributed by atoms with van der Waals surface area (Å²) < 4.78 is 11.3. The van der Waals surface area contributed by atoms with Crippen molar-refractivity contribution in [3.8, 4) is 0 Å². The highest BCUT2D eigenvalue weighted by Gasteiger charge is 2.40. The van der Waals surface area contributed by atoms with E-state index in [1.165, 1.54) is 6.08 Å². The Kier molecular flexibility index (Phi) is 7.70. The molecule has 0 radical (unpaired) electrons. The number of nitrogens with one attached hydrogen (secondary N) is 1. The molecule has 134 valence electrons. The average Bonchev–Trinajstić information content (AvgIpc) is 2.32. The van der Waals surface area contributed by atoms with Crippen LogP contribution in [0.5, 0.6) is 0 Å². The van der Waals surface area contributed by atoms with Gasteiger partial charge in [-0.3, -0.25) is 4.79 Å². The lowest BCUT2D eigenvalue weighted by molar-refractivity contribution is -0.121. The second-order valence-electron chi connectivity index (χ2n) is 8.19. The van der Waals surface area contributed by atoms with Crippen LogP contribution in [-0.2, 0) is 14.0 Å². The van der Waals surface area contributed by atoms with Crippen LogP contribution in [0.1, 0.15) is 48.0 Å². The first-order valence-corrected chi connectivity index (χ1v) is 10.9. The molecular weight excluding hydrogens is 310 g/mol. The molecular formula is C17H33NO4Si. The van der Waals surface area contributed by atoms with Crippen LogP contribution in [0.2, 0.25) is 18.1 Å². The lowest BCUT2D eigenvalue weighted by atomic mass is 10.1. The number of alkyl carbamates (subject to hydrolysis) is 1. The van der Waals surface area contributed by atoms with E-state index in [2.05, 4.69) is 45.8 Å². The van der Waals surface area contributed by atoms with Gasteiger partial charge in [-0.2, -0.15) is 0 Å². The van der Waals surface area contributed by atoms with E-state index in [-0.39, 0.29) is 10.8 Å². The van der Waals surface area contributed by atoms with Gasteiger partial charge in [0.25, 0.3) is 0 Å². The normalized spacial score (nSPS) is 14.1. The van der Waals surface area contributed by atoms with Gasteiger partial charge in [-0.15, -0.1) is 0 Å². The van der Waals surface area contributed by atoms with Crippen LogP contribution in [0.25, 0.3) is 0 Å². The highest BCUT2D eigenvalue weighted by Crippen LogP contribution is 2.37. The third-order valence-corrected chi connectivity index (χ3v) is 8.32. The molecule has 0 heterocycles. The molecule has 1 amide bonds. The van der Waals surface area contributed by atoms with E-state index in [1.807, 2.05) is 0 Å². The number of carbonyl (C=O) groups is 2. The van der Waals surface area contributed by atoms with Gasteiger partial charge in [0.05, 0.1) is 0 Å². The molecule has 0 aromatic rings. The first-order chi connectivity index (χ1) is 10.2. The van der Waals surface area contributed by atoms with E-state index in [0.29, 0.717) is 13.0 Å². The topological polar surface area (TPSA) is 64.6 Å². The van der Waals surface area contributed by atoms with Crippen LogP contribution in [0, 0.1) is 0 Å². The van der Waals surface area contributed by atoms with Crippen molar-refractivity contribution >= 4 is 20.2 Å². The Hall–Kier alpha value is -1.14. The molecule has 5 nitrogen and oxygen atoms in total. The molecule has 0 saturated carbocycles. The fourth-order valence-corrected chi connectivity index (χ4v) is 2.84. The van der Waals surface area contributed by atoms with Gasteiger partial charge in [-0.1, -0.05) is 27.4 Å². The lowest BCUT2D eigenvalue weighted by Crippen LogP contribution is -2.46. The standard InChI is InChI=1S/C17H33NO4Si/c1-10-13(19)14(22-23(8,9)17(5,6)7)11-12-18-15(20)21-16(2,3)4/h10,14H,1,11-12H2,2-9H3,(H,18,20)/t14-/m0/s1. The predicted molar refractivity (Wildman–Crippen MR) is 96.1 cm³/mol. The number of rotatable bonds is 7. The number of carbonyl (C=O) groups excluding carboxylic acids is 2. The minimum Gasteiger partial charge on any atom is -0.444 e. The van der Waals surface area contributed by atoms with Crippen molar-refractivity contribution in [3.63, 3.8) is 0 Å². The summed E-state index contributed by atoms with van der Waals surface area (Å²) in [6.07, 6.45) is 0.611. The molecule has 23 heavy (non-hydrogen) atoms. The summed E-state index contributed by atoms with van der Waals surface area (Å²) in [6.45, 7) is 19.8. The second kappa shape index (κ2) is 8.10. The van der Waals surface area contributed by atoms with Crippen molar-refractivity contribution < 1.29 is 18.8 Å². The van der Waals surface area contributed by atoms with Crippen LogP contribution >= 0.6 is 0 Å². The van der Waals surface area contributed by atoms with E-state index in [4.69, 9.17) is 9.16 Å². The molecule has 0 spiro atoms. The highest BCUT2D eigenvalue weighted by molar-refractivity contribution is 6.74. The van der Waals surface area contributed by atoms with Gasteiger partial charge in [-0.05, 0) is 51.4 Å². The third kappa shape index (κ3) is 8.32. The minimum absolute atomic E-state index is 0.00525. The van der Waals surface area contributed by atoms with E-state index in [9.17, 15) is 9.59 Å². The molecule has 0 bridgehead atoms. The molecule has 1 atom stereocenters. The predicted octanol–water partition coefficient (Wildman–Crippen LogP) is 4.05. The summed E-state index contributed by atoms with van der Waals surface area (Å²) in [6, 6.07) is 0. The molecule has 0 aliphatic carbocycles. The van der Waals surface area contributed by atoms with E-state index in [0.717, 1.165) is 0 Å². The summed E-state index contributed by atoms with van der Waals surface area (Å²) in [5, 5.41) is 2.67. The van der Waals surface area contributed by atoms with Crippen molar-refractivity contribution in [1.82, 2.24) is 5.32 Å². The SMILES string of the molecule is C=CC(=O)[C@H](CCNC(=O)OC(C)(C)C)O[Si](C)(C)C(C)(C)C. The molecule has 6 heteroatoms. The smallest absolute Gasteiger partial charge is 0.407 e. The fraction of sp³-hybridized carbons (Fsp3) is 0.765. The number of hydrogen-bond donors (Lipinski definition) is 1. The van der Waals surface area contributed by atoms with Gasteiger partial charge in [0, 0.05) is 6.54 Å². The monoisotopic (exact) mass is 343 g/mol. The summed E-state index contributed by atoms with van der Waals surface area (Å²) in [7, 11) is -2.07. The highest BCUT2D eigenvalue weighted by atomic mass is 28.4. The van der Waals surface area contributed by atoms with Gasteiger partial charge in [-0.25, -0.2) is 4.79 Å². The maximum atomic E-state index is 12.1. The number of hydrogen-bond acceptors (Lipinski definition) is 4. The van der Waals surface area contributed by atoms with E-state index >= 15 is 0 Å². The average molecular weight is 344 g/mol. The van der Waals surface area contributed by atoms with Gasteiger partial charge in [0.2, 0.25) is 0 Å². The molecule has 0 aliphatic rings. The first-order valence-electron chi connectivity index (χ1n) is 8.00. The molecule has 0 saturated heterocycles. The molecule has 0 fully saturated rings. The summed E-state index contributed by atoms with van der Waals surface area (Å²) in [5.41, 5.74) is -0.544. The van der Waals surface area contributed by atoms with Crippen molar-refractivity contribution in [1.29, 1.82) is 0 Å². The molecule has 0 aromatic heterocycles. The fourth-order valence-electron chi connectivity index (χ4n) is 1.54. The van der Waals surface area contributed by atoms with Crippen LogP contribution in [0.15, 0.2) is 12.7 Å². The minimum atomic E-state index is -2.07. The van der Waals surface area contributed by atoms with Crippen LogP contribution in [-0.4, -0.2) is 38.4 Å². The lowest BCUT2D eigenvalue weighted by Gasteiger charge is -2.38. The van der Waals surface area contributed by atoms with Gasteiger partial charge in [0.15, 0.2) is 14.1 Å². The van der Waals surface area contributed by atoms with Crippen molar-refractivity contribution in [2.24, 2.45) is 0 Å². The van der Waals surface area contributed by atoms with Crippen molar-refractivity contribution in [3.05, 3.63) is 12.7 Å². The zero-order chi connectivity index (χ0) is 18.5. The largest absolute Gasteiger partial charge is 0.444 e. The summed E-state index contributed by atoms with van der Waals surface area (Å²) in [5.74, 6) is -0.152. The van der Waals surface area contributed by atoms with Gasteiger partial charge >= 0.3 is 6.09 Å². The summed E-state index contributed by atoms with van der Waals surface area (Å²) in [4.78, 5) is 23.7. The quantitative estimate of drug-likeness (QED) is 0.559. The Labute approximate surface area is 141 Å². The number of amides is 1. The van der Waals surface area contributed by atoms with Crippen molar-refractivity contribution in [2.75, 3.05) is 6.54 Å². The van der Waals surface area contributed by atoms with Crippen LogP contribution < -0.4 is 5.32 Å². The van der Waals surface area contributed by atoms with E-state index in [1.54, 1.807) is 20.8 Å². The molecule has 0 aromatic carbocycles. The second-order valence-corrected chi connectivity index (χ2v) is 12.9. The summed E-state index contributed by atoms with van der Waals surface area (Å²) >= 11 is 0. The zero-order valence-corrected chi connectivity index (χ0v) is 16.9. The molecule has 0 aliphatic heterocycles. The van der Waals surface area contributed by atoms with Crippen LogP contribution in [0.4, 0.5) is 4.79 Å². The Bertz CT molecular complexity index is 433. The third-order valence-electron chi connectivity index (χ3n) is 3.84. The Morgan fingerprint density at radius 2 is 1.70 bits per heavy atom. The van der Waals surface area contributed by atoms with Gasteiger partial charge in [0.1, 0.15) is 11.7 Å². The van der Waals surface area contributed by atoms with Gasteiger partial charge < -0.3 is 14.5 Å². The molecule has 0 unspecified atom stereocenters. The molecule has 0 rings (SSSR count). The first kappa shape index (κ1) is 21.9. The maximum Gasteiger partial charge on any atom is 0.407 e. The number of ether oxygens (including phenoxy) is 1. The van der Waals surface area contributed by atoms with Crippen LogP contribution in [0.3, 0.4) is 0 Å². The maximum absolute atomic E-state index is 12.1. The Balaban J connectivity index is 4.69. The van der Waals surface area contributed by atoms with E-state index < -0.39 is 26.1 Å². The van der Waals surface area contributed by atoms with Crippen molar-refractivity contribution in [2.45, 2.75) is 77.8 Å².